The average Bonchev–Trinajstić information content (AvgIpc) is 3.21. The quantitative estimate of drug-likeness (QED) is 0.768. The fraction of sp³-hybridized carbons (Fsp3) is 0.250. The van der Waals surface area contributed by atoms with Crippen molar-refractivity contribution in [3.63, 3.8) is 0 Å². The van der Waals surface area contributed by atoms with Crippen molar-refractivity contribution in [1.29, 1.82) is 0 Å². The molecule has 1 aromatic carbocycles. The monoisotopic (exact) mass is 365 g/mol. The number of hydrogen-bond donors (Lipinski definition) is 1. The molecule has 0 fully saturated rings. The molecule has 6 heteroatoms. The van der Waals surface area contributed by atoms with Gasteiger partial charge in [0.15, 0.2) is 0 Å². The zero-order chi connectivity index (χ0) is 18.1. The maximum absolute atomic E-state index is 12.3. The molecule has 0 radical (unpaired) electrons. The molecule has 0 bridgehead atoms. The van der Waals surface area contributed by atoms with Crippen LogP contribution in [0, 0.1) is 13.8 Å². The smallest absolute Gasteiger partial charge is 0.263 e. The lowest BCUT2D eigenvalue weighted by molar-refractivity contribution is 0.0937. The highest BCUT2D eigenvalue weighted by Gasteiger charge is 2.24. The van der Waals surface area contributed by atoms with Crippen LogP contribution in [0.1, 0.15) is 25.9 Å². The number of hydrogen-bond acceptors (Lipinski definition) is 5. The SMILES string of the molecule is Cc1nc(C)c(C(=O)NC[C@H]2Cc3cc(-c4cccnc4)ccc3O2)s1. The average molecular weight is 365 g/mol. The van der Waals surface area contributed by atoms with Crippen LogP contribution in [0.15, 0.2) is 42.7 Å². The molecule has 1 atom stereocenters. The largest absolute Gasteiger partial charge is 0.488 e. The highest BCUT2D eigenvalue weighted by Crippen LogP contribution is 2.32. The number of pyridine rings is 1. The van der Waals surface area contributed by atoms with E-state index < -0.39 is 0 Å². The van der Waals surface area contributed by atoms with E-state index in [-0.39, 0.29) is 12.0 Å². The van der Waals surface area contributed by atoms with Crippen molar-refractivity contribution in [3.8, 4) is 16.9 Å². The maximum atomic E-state index is 12.3. The minimum atomic E-state index is -0.0799. The Morgan fingerprint density at radius 3 is 2.92 bits per heavy atom. The summed E-state index contributed by atoms with van der Waals surface area (Å²) in [6.45, 7) is 4.25. The van der Waals surface area contributed by atoms with Gasteiger partial charge in [0.2, 0.25) is 0 Å². The number of aromatic nitrogens is 2. The first-order valence-corrected chi connectivity index (χ1v) is 9.34. The third kappa shape index (κ3) is 3.32. The number of carbonyl (C=O) groups is 1. The normalized spacial score (nSPS) is 15.4. The van der Waals surface area contributed by atoms with Crippen molar-refractivity contribution < 1.29 is 9.53 Å². The van der Waals surface area contributed by atoms with Crippen LogP contribution in [0.4, 0.5) is 0 Å². The topological polar surface area (TPSA) is 64.1 Å². The molecule has 1 aliphatic heterocycles. The number of amides is 1. The predicted molar refractivity (Wildman–Crippen MR) is 102 cm³/mol. The van der Waals surface area contributed by atoms with Gasteiger partial charge < -0.3 is 10.1 Å². The van der Waals surface area contributed by atoms with Crippen LogP contribution in [0.25, 0.3) is 11.1 Å². The molecule has 0 aliphatic carbocycles. The zero-order valence-corrected chi connectivity index (χ0v) is 15.5. The van der Waals surface area contributed by atoms with E-state index >= 15 is 0 Å². The number of carbonyl (C=O) groups excluding carboxylic acids is 1. The summed E-state index contributed by atoms with van der Waals surface area (Å²) in [5, 5.41) is 3.88. The first kappa shape index (κ1) is 16.7. The molecule has 3 heterocycles. The van der Waals surface area contributed by atoms with Gasteiger partial charge in [-0.05, 0) is 43.2 Å². The van der Waals surface area contributed by atoms with E-state index in [1.807, 2.05) is 44.3 Å². The summed E-state index contributed by atoms with van der Waals surface area (Å²) < 4.78 is 5.98. The minimum Gasteiger partial charge on any atom is -0.488 e. The Morgan fingerprint density at radius 1 is 1.31 bits per heavy atom. The molecule has 1 aliphatic rings. The van der Waals surface area contributed by atoms with Crippen LogP contribution >= 0.6 is 11.3 Å². The Balaban J connectivity index is 1.41. The minimum absolute atomic E-state index is 0.0487. The molecule has 0 saturated heterocycles. The third-order valence-corrected chi connectivity index (χ3v) is 5.47. The van der Waals surface area contributed by atoms with Gasteiger partial charge in [-0.1, -0.05) is 12.1 Å². The lowest BCUT2D eigenvalue weighted by atomic mass is 10.0. The van der Waals surface area contributed by atoms with Crippen molar-refractivity contribution >= 4 is 17.2 Å². The summed E-state index contributed by atoms with van der Waals surface area (Å²) in [6, 6.07) is 10.2. The predicted octanol–water partition coefficient (Wildman–Crippen LogP) is 3.56. The van der Waals surface area contributed by atoms with Crippen molar-refractivity contribution in [2.75, 3.05) is 6.54 Å². The molecular formula is C20H19N3O2S. The van der Waals surface area contributed by atoms with Gasteiger partial charge in [-0.25, -0.2) is 4.98 Å². The molecule has 2 aromatic heterocycles. The zero-order valence-electron chi connectivity index (χ0n) is 14.7. The lowest BCUT2D eigenvalue weighted by Crippen LogP contribution is -2.34. The fourth-order valence-electron chi connectivity index (χ4n) is 3.18. The maximum Gasteiger partial charge on any atom is 0.263 e. The molecule has 26 heavy (non-hydrogen) atoms. The highest BCUT2D eigenvalue weighted by molar-refractivity contribution is 7.13. The van der Waals surface area contributed by atoms with Crippen molar-refractivity contribution in [2.45, 2.75) is 26.4 Å². The molecule has 0 saturated carbocycles. The summed E-state index contributed by atoms with van der Waals surface area (Å²) in [5.41, 5.74) is 4.15. The summed E-state index contributed by atoms with van der Waals surface area (Å²) >= 11 is 1.42. The van der Waals surface area contributed by atoms with Gasteiger partial charge in [-0.2, -0.15) is 0 Å². The molecule has 0 unspecified atom stereocenters. The first-order valence-electron chi connectivity index (χ1n) is 8.52. The van der Waals surface area contributed by atoms with Gasteiger partial charge in [0.25, 0.3) is 5.91 Å². The van der Waals surface area contributed by atoms with Crippen LogP contribution in [-0.4, -0.2) is 28.5 Å². The summed E-state index contributed by atoms with van der Waals surface area (Å²) in [4.78, 5) is 21.5. The van der Waals surface area contributed by atoms with Gasteiger partial charge in [-0.3, -0.25) is 9.78 Å². The van der Waals surface area contributed by atoms with Crippen molar-refractivity contribution in [2.24, 2.45) is 0 Å². The number of fused-ring (bicyclic) bond motifs is 1. The van der Waals surface area contributed by atoms with E-state index in [2.05, 4.69) is 21.4 Å². The molecule has 132 valence electrons. The lowest BCUT2D eigenvalue weighted by Gasteiger charge is -2.11. The Labute approximate surface area is 156 Å². The second-order valence-corrected chi connectivity index (χ2v) is 7.57. The van der Waals surface area contributed by atoms with Gasteiger partial charge in [0.05, 0.1) is 17.2 Å². The molecule has 4 rings (SSSR count). The van der Waals surface area contributed by atoms with Gasteiger partial charge in [0, 0.05) is 24.4 Å². The highest BCUT2D eigenvalue weighted by atomic mass is 32.1. The first-order chi connectivity index (χ1) is 12.6. The van der Waals surface area contributed by atoms with Crippen LogP contribution in [-0.2, 0) is 6.42 Å². The summed E-state index contributed by atoms with van der Waals surface area (Å²) in [6.07, 6.45) is 4.36. The Bertz CT molecular complexity index is 953. The van der Waals surface area contributed by atoms with Crippen molar-refractivity contribution in [1.82, 2.24) is 15.3 Å². The van der Waals surface area contributed by atoms with Crippen LogP contribution in [0.3, 0.4) is 0 Å². The second kappa shape index (κ2) is 6.88. The van der Waals surface area contributed by atoms with Gasteiger partial charge in [-0.15, -0.1) is 11.3 Å². The second-order valence-electron chi connectivity index (χ2n) is 6.37. The molecule has 1 N–H and O–H groups in total. The standard InChI is InChI=1S/C20H19N3O2S/c1-12-19(26-13(2)23-12)20(24)22-11-17-9-16-8-14(5-6-18(16)25-17)15-4-3-7-21-10-15/h3-8,10,17H,9,11H2,1-2H3,(H,22,24)/t17-/m1/s1. The van der Waals surface area contributed by atoms with E-state index in [0.717, 1.165) is 39.6 Å². The number of rotatable bonds is 4. The Hall–Kier alpha value is -2.73. The summed E-state index contributed by atoms with van der Waals surface area (Å²) in [7, 11) is 0. The van der Waals surface area contributed by atoms with Crippen LogP contribution in [0.2, 0.25) is 0 Å². The van der Waals surface area contributed by atoms with Crippen molar-refractivity contribution in [3.05, 3.63) is 63.9 Å². The number of benzene rings is 1. The molecule has 5 nitrogen and oxygen atoms in total. The molecule has 3 aromatic rings. The molecule has 0 spiro atoms. The number of thiazole rings is 1. The number of nitrogens with zero attached hydrogens (tertiary/aromatic N) is 2. The van der Waals surface area contributed by atoms with E-state index in [1.54, 1.807) is 6.20 Å². The van der Waals surface area contributed by atoms with E-state index in [9.17, 15) is 4.79 Å². The van der Waals surface area contributed by atoms with E-state index in [1.165, 1.54) is 11.3 Å². The summed E-state index contributed by atoms with van der Waals surface area (Å²) in [5.74, 6) is 0.811. The molecular weight excluding hydrogens is 346 g/mol. The number of aryl methyl sites for hydroxylation is 2. The Kier molecular flexibility index (Phi) is 4.42. The van der Waals surface area contributed by atoms with Gasteiger partial charge >= 0.3 is 0 Å². The number of nitrogens with one attached hydrogen (secondary N) is 1. The van der Waals surface area contributed by atoms with Crippen LogP contribution in [0.5, 0.6) is 5.75 Å². The van der Waals surface area contributed by atoms with Crippen LogP contribution < -0.4 is 10.1 Å². The van der Waals surface area contributed by atoms with E-state index in [0.29, 0.717) is 11.4 Å². The molecule has 1 amide bonds. The fourth-order valence-corrected chi connectivity index (χ4v) is 4.01. The Morgan fingerprint density at radius 2 is 2.19 bits per heavy atom. The third-order valence-electron chi connectivity index (χ3n) is 4.40. The number of ether oxygens (including phenoxy) is 1. The van der Waals surface area contributed by atoms with E-state index in [4.69, 9.17) is 4.74 Å². The van der Waals surface area contributed by atoms with Gasteiger partial charge in [0.1, 0.15) is 16.7 Å².